The van der Waals surface area contributed by atoms with Crippen molar-refractivity contribution in [1.29, 1.82) is 0 Å². The van der Waals surface area contributed by atoms with Crippen LogP contribution in [0.25, 0.3) is 5.69 Å². The molecular formula is C21H27FN4O2. The molecule has 6 nitrogen and oxygen atoms in total. The Balaban J connectivity index is 1.83. The van der Waals surface area contributed by atoms with E-state index in [2.05, 4.69) is 10.4 Å². The molecule has 150 valence electrons. The van der Waals surface area contributed by atoms with Crippen molar-refractivity contribution in [1.82, 2.24) is 14.7 Å². The van der Waals surface area contributed by atoms with Crippen LogP contribution in [0, 0.1) is 11.7 Å². The number of hydrogen-bond acceptors (Lipinski definition) is 3. The van der Waals surface area contributed by atoms with Gasteiger partial charge in [0.05, 0.1) is 17.9 Å². The van der Waals surface area contributed by atoms with Crippen molar-refractivity contribution in [2.24, 2.45) is 5.92 Å². The van der Waals surface area contributed by atoms with Crippen molar-refractivity contribution in [3.05, 3.63) is 41.8 Å². The largest absolute Gasteiger partial charge is 0.333 e. The summed E-state index contributed by atoms with van der Waals surface area (Å²) in [5.41, 5.74) is 1.23. The van der Waals surface area contributed by atoms with E-state index >= 15 is 0 Å². The number of benzene rings is 1. The highest BCUT2D eigenvalue weighted by atomic mass is 19.1. The van der Waals surface area contributed by atoms with Crippen molar-refractivity contribution >= 4 is 17.6 Å². The lowest BCUT2D eigenvalue weighted by molar-refractivity contribution is -0.135. The molecule has 1 N–H and O–H groups in total. The molecule has 28 heavy (non-hydrogen) atoms. The summed E-state index contributed by atoms with van der Waals surface area (Å²) in [6.45, 7) is 8.46. The fourth-order valence-electron chi connectivity index (χ4n) is 2.91. The third kappa shape index (κ3) is 4.58. The summed E-state index contributed by atoms with van der Waals surface area (Å²) < 4.78 is 14.9. The van der Waals surface area contributed by atoms with Gasteiger partial charge in [0, 0.05) is 23.9 Å². The maximum atomic E-state index is 13.3. The van der Waals surface area contributed by atoms with Crippen molar-refractivity contribution in [3.8, 4) is 5.69 Å². The van der Waals surface area contributed by atoms with E-state index in [0.29, 0.717) is 18.1 Å². The Morgan fingerprint density at radius 1 is 1.25 bits per heavy atom. The number of carbonyl (C=O) groups is 2. The standard InChI is InChI=1S/C21H27FN4O2/c1-5-25(20(28)14-6-7-14)13-19(27)23-18-12-17(21(2,3)4)24-26(18)16-10-8-15(22)9-11-16/h8-12,14H,5-7,13H2,1-4H3,(H,23,27). The van der Waals surface area contributed by atoms with E-state index in [1.165, 1.54) is 12.1 Å². The second kappa shape index (κ2) is 7.73. The molecule has 1 aromatic heterocycles. The summed E-state index contributed by atoms with van der Waals surface area (Å²) in [6, 6.07) is 7.75. The van der Waals surface area contributed by atoms with Gasteiger partial charge in [0.25, 0.3) is 0 Å². The molecule has 0 spiro atoms. The van der Waals surface area contributed by atoms with Crippen LogP contribution in [0.1, 0.15) is 46.2 Å². The molecule has 7 heteroatoms. The predicted molar refractivity (Wildman–Crippen MR) is 106 cm³/mol. The topological polar surface area (TPSA) is 67.2 Å². The van der Waals surface area contributed by atoms with Crippen LogP contribution in [0.15, 0.2) is 30.3 Å². The van der Waals surface area contributed by atoms with Crippen molar-refractivity contribution < 1.29 is 14.0 Å². The molecule has 1 aliphatic carbocycles. The van der Waals surface area contributed by atoms with Gasteiger partial charge in [0.1, 0.15) is 11.6 Å². The first-order chi connectivity index (χ1) is 13.2. The number of nitrogens with one attached hydrogen (secondary N) is 1. The first-order valence-corrected chi connectivity index (χ1v) is 9.64. The summed E-state index contributed by atoms with van der Waals surface area (Å²) in [4.78, 5) is 26.5. The number of nitrogens with zero attached hydrogens (tertiary/aromatic N) is 3. The molecule has 2 amide bonds. The number of carbonyl (C=O) groups excluding carboxylic acids is 2. The lowest BCUT2D eigenvalue weighted by Gasteiger charge is -2.20. The van der Waals surface area contributed by atoms with Crippen LogP contribution >= 0.6 is 0 Å². The molecule has 2 aromatic rings. The Hall–Kier alpha value is -2.70. The number of likely N-dealkylation sites (N-methyl/N-ethyl adjacent to an activating group) is 1. The number of rotatable bonds is 6. The Kier molecular flexibility index (Phi) is 5.54. The zero-order chi connectivity index (χ0) is 20.5. The van der Waals surface area contributed by atoms with E-state index in [-0.39, 0.29) is 35.5 Å². The normalized spacial score (nSPS) is 14.0. The molecule has 0 unspecified atom stereocenters. The molecule has 0 bridgehead atoms. The van der Waals surface area contributed by atoms with Gasteiger partial charge in [-0.25, -0.2) is 9.07 Å². The highest BCUT2D eigenvalue weighted by Crippen LogP contribution is 2.31. The SMILES string of the molecule is CCN(CC(=O)Nc1cc(C(C)(C)C)nn1-c1ccc(F)cc1)C(=O)C1CC1. The van der Waals surface area contributed by atoms with Crippen molar-refractivity contribution in [2.45, 2.75) is 46.0 Å². The van der Waals surface area contributed by atoms with Gasteiger partial charge in [0.2, 0.25) is 11.8 Å². The summed E-state index contributed by atoms with van der Waals surface area (Å²) in [5.74, 6) is -0.00389. The van der Waals surface area contributed by atoms with Crippen molar-refractivity contribution in [2.75, 3.05) is 18.4 Å². The number of hydrogen-bond donors (Lipinski definition) is 1. The van der Waals surface area contributed by atoms with Crippen LogP contribution < -0.4 is 5.32 Å². The van der Waals surface area contributed by atoms with Crippen LogP contribution in [0.4, 0.5) is 10.2 Å². The highest BCUT2D eigenvalue weighted by Gasteiger charge is 2.33. The minimum Gasteiger partial charge on any atom is -0.333 e. The quantitative estimate of drug-likeness (QED) is 0.826. The van der Waals surface area contributed by atoms with Gasteiger partial charge in [-0.3, -0.25) is 9.59 Å². The van der Waals surface area contributed by atoms with Gasteiger partial charge in [-0.05, 0) is 44.0 Å². The van der Waals surface area contributed by atoms with Crippen LogP contribution in [0.2, 0.25) is 0 Å². The lowest BCUT2D eigenvalue weighted by atomic mass is 9.92. The van der Waals surface area contributed by atoms with Gasteiger partial charge in [-0.15, -0.1) is 0 Å². The van der Waals surface area contributed by atoms with Crippen LogP contribution in [0.5, 0.6) is 0 Å². The van der Waals surface area contributed by atoms with E-state index in [1.54, 1.807) is 21.7 Å². The van der Waals surface area contributed by atoms with Gasteiger partial charge >= 0.3 is 0 Å². The second-order valence-electron chi connectivity index (χ2n) is 8.23. The summed E-state index contributed by atoms with van der Waals surface area (Å²) in [6.07, 6.45) is 1.81. The molecular weight excluding hydrogens is 359 g/mol. The highest BCUT2D eigenvalue weighted by molar-refractivity contribution is 5.94. The third-order valence-electron chi connectivity index (χ3n) is 4.77. The third-order valence-corrected chi connectivity index (χ3v) is 4.77. The molecule has 0 atom stereocenters. The molecule has 1 aromatic carbocycles. The predicted octanol–water partition coefficient (Wildman–Crippen LogP) is 3.51. The first kappa shape index (κ1) is 20.0. The zero-order valence-electron chi connectivity index (χ0n) is 16.8. The van der Waals surface area contributed by atoms with E-state index in [1.807, 2.05) is 33.8 Å². The Morgan fingerprint density at radius 3 is 2.43 bits per heavy atom. The fraction of sp³-hybridized carbons (Fsp3) is 0.476. The number of halogens is 1. The summed E-state index contributed by atoms with van der Waals surface area (Å²) in [7, 11) is 0. The molecule has 1 saturated carbocycles. The van der Waals surface area contributed by atoms with Gasteiger partial charge in [-0.1, -0.05) is 20.8 Å². The maximum Gasteiger partial charge on any atom is 0.245 e. The minimum atomic E-state index is -0.338. The molecule has 0 aliphatic heterocycles. The Morgan fingerprint density at radius 2 is 1.89 bits per heavy atom. The van der Waals surface area contributed by atoms with Crippen LogP contribution in [0.3, 0.4) is 0 Å². The molecule has 0 radical (unpaired) electrons. The zero-order valence-corrected chi connectivity index (χ0v) is 16.8. The van der Waals surface area contributed by atoms with E-state index in [9.17, 15) is 14.0 Å². The minimum absolute atomic E-state index is 0.00524. The molecule has 1 aliphatic rings. The number of aromatic nitrogens is 2. The molecule has 3 rings (SSSR count). The molecule has 0 saturated heterocycles. The second-order valence-corrected chi connectivity index (χ2v) is 8.23. The van der Waals surface area contributed by atoms with Gasteiger partial charge in [0.15, 0.2) is 0 Å². The Bertz CT molecular complexity index is 864. The van der Waals surface area contributed by atoms with E-state index < -0.39 is 0 Å². The van der Waals surface area contributed by atoms with Gasteiger partial charge in [-0.2, -0.15) is 5.10 Å². The van der Waals surface area contributed by atoms with Gasteiger partial charge < -0.3 is 10.2 Å². The van der Waals surface area contributed by atoms with Crippen LogP contribution in [-0.4, -0.2) is 39.6 Å². The summed E-state index contributed by atoms with van der Waals surface area (Å²) >= 11 is 0. The average Bonchev–Trinajstić information content (AvgIpc) is 3.39. The molecule has 1 heterocycles. The summed E-state index contributed by atoms with van der Waals surface area (Å²) in [5, 5.41) is 7.48. The van der Waals surface area contributed by atoms with Crippen molar-refractivity contribution in [3.63, 3.8) is 0 Å². The van der Waals surface area contributed by atoms with E-state index in [4.69, 9.17) is 0 Å². The smallest absolute Gasteiger partial charge is 0.245 e. The number of anilines is 1. The average molecular weight is 386 g/mol. The fourth-order valence-corrected chi connectivity index (χ4v) is 2.91. The lowest BCUT2D eigenvalue weighted by Crippen LogP contribution is -2.38. The Labute approximate surface area is 164 Å². The van der Waals surface area contributed by atoms with Crippen LogP contribution in [-0.2, 0) is 15.0 Å². The molecule has 1 fully saturated rings. The monoisotopic (exact) mass is 386 g/mol. The maximum absolute atomic E-state index is 13.3. The van der Waals surface area contributed by atoms with E-state index in [0.717, 1.165) is 18.5 Å². The number of amides is 2. The first-order valence-electron chi connectivity index (χ1n) is 9.64.